The molecule has 0 aromatic heterocycles. The van der Waals surface area contributed by atoms with E-state index >= 15 is 0 Å². The minimum Gasteiger partial charge on any atom is -0.487 e. The van der Waals surface area contributed by atoms with E-state index in [1.165, 1.54) is 0 Å². The molecular weight excluding hydrogens is 720 g/mol. The predicted octanol–water partition coefficient (Wildman–Crippen LogP) is 6.31. The monoisotopic (exact) mass is 786 g/mol. The van der Waals surface area contributed by atoms with Crippen LogP contribution in [-0.4, -0.2) is 132 Å². The Balaban J connectivity index is 1.10. The van der Waals surface area contributed by atoms with Crippen molar-refractivity contribution in [1.29, 1.82) is 0 Å². The minimum absolute atomic E-state index is 0.0289. The van der Waals surface area contributed by atoms with Crippen LogP contribution in [0.5, 0.6) is 11.5 Å². The highest BCUT2D eigenvalue weighted by Crippen LogP contribution is 2.33. The van der Waals surface area contributed by atoms with E-state index in [1.54, 1.807) is 0 Å². The summed E-state index contributed by atoms with van der Waals surface area (Å²) in [6.45, 7) is 17.5. The van der Waals surface area contributed by atoms with Crippen LogP contribution in [0.4, 0.5) is 0 Å². The fourth-order valence-corrected chi connectivity index (χ4v) is 4.92. The molecule has 314 valence electrons. The van der Waals surface area contributed by atoms with Crippen molar-refractivity contribution in [1.82, 2.24) is 0 Å². The zero-order chi connectivity index (χ0) is 39.6. The molecule has 0 amide bonds. The van der Waals surface area contributed by atoms with Crippen LogP contribution in [0.25, 0.3) is 0 Å². The van der Waals surface area contributed by atoms with E-state index in [2.05, 4.69) is 26.8 Å². The van der Waals surface area contributed by atoms with E-state index in [0.717, 1.165) is 16.7 Å². The quantitative estimate of drug-likeness (QED) is 0.0617. The number of hydrogen-bond donors (Lipinski definition) is 0. The summed E-state index contributed by atoms with van der Waals surface area (Å²) in [5, 5.41) is 0. The average molecular weight is 787 g/mol. The van der Waals surface area contributed by atoms with Crippen LogP contribution in [0, 0.1) is 0 Å². The molecule has 0 atom stereocenters. The highest BCUT2D eigenvalue weighted by atomic mass is 16.6. The summed E-state index contributed by atoms with van der Waals surface area (Å²) in [5.74, 6) is 1.35. The maximum absolute atomic E-state index is 6.08. The van der Waals surface area contributed by atoms with Gasteiger partial charge in [0.25, 0.3) is 0 Å². The van der Waals surface area contributed by atoms with Crippen molar-refractivity contribution in [2.75, 3.05) is 132 Å². The fraction of sp³-hybridized carbons (Fsp3) is 0.591. The molecule has 0 unspecified atom stereocenters. The molecule has 12 nitrogen and oxygen atoms in total. The van der Waals surface area contributed by atoms with Crippen LogP contribution in [0.15, 0.2) is 78.9 Å². The van der Waals surface area contributed by atoms with Crippen molar-refractivity contribution in [3.8, 4) is 11.5 Å². The van der Waals surface area contributed by atoms with E-state index in [4.69, 9.17) is 56.8 Å². The topological polar surface area (TPSA) is 111 Å². The Bertz CT molecular complexity index is 1320. The van der Waals surface area contributed by atoms with Gasteiger partial charge in [0, 0.05) is 0 Å². The lowest BCUT2D eigenvalue weighted by atomic mass is 9.87. The summed E-state index contributed by atoms with van der Waals surface area (Å²) in [5.41, 5.74) is 3.44. The molecule has 0 saturated heterocycles. The second kappa shape index (κ2) is 31.9. The zero-order valence-corrected chi connectivity index (χ0v) is 34.0. The maximum atomic E-state index is 6.08. The van der Waals surface area contributed by atoms with Crippen LogP contribution in [0.2, 0.25) is 0 Å². The van der Waals surface area contributed by atoms with Crippen molar-refractivity contribution in [3.63, 3.8) is 0 Å². The summed E-state index contributed by atoms with van der Waals surface area (Å²) < 4.78 is 68.1. The van der Waals surface area contributed by atoms with Gasteiger partial charge in [0.15, 0.2) is 11.5 Å². The van der Waals surface area contributed by atoms with Gasteiger partial charge in [0.05, 0.1) is 132 Å². The Hall–Kier alpha value is -3.14. The largest absolute Gasteiger partial charge is 0.487 e. The van der Waals surface area contributed by atoms with Gasteiger partial charge in [-0.1, -0.05) is 87.5 Å². The Morgan fingerprint density at radius 2 is 0.625 bits per heavy atom. The molecule has 0 N–H and O–H groups in total. The van der Waals surface area contributed by atoms with Crippen LogP contribution < -0.4 is 9.47 Å². The van der Waals surface area contributed by atoms with Crippen molar-refractivity contribution >= 4 is 0 Å². The predicted molar refractivity (Wildman–Crippen MR) is 215 cm³/mol. The first-order valence-electron chi connectivity index (χ1n) is 19.8. The molecule has 3 aromatic rings. The number of hydrogen-bond acceptors (Lipinski definition) is 12. The van der Waals surface area contributed by atoms with Crippen LogP contribution in [0.3, 0.4) is 0 Å². The van der Waals surface area contributed by atoms with Gasteiger partial charge in [-0.3, -0.25) is 0 Å². The third kappa shape index (κ3) is 24.5. The van der Waals surface area contributed by atoms with E-state index in [-0.39, 0.29) is 5.41 Å². The second-order valence-electron chi connectivity index (χ2n) is 13.6. The molecule has 0 radical (unpaired) electrons. The first-order chi connectivity index (χ1) is 27.5. The Morgan fingerprint density at radius 1 is 0.321 bits per heavy atom. The molecule has 0 aliphatic carbocycles. The van der Waals surface area contributed by atoms with Gasteiger partial charge in [-0.25, -0.2) is 0 Å². The van der Waals surface area contributed by atoms with Gasteiger partial charge in [0.2, 0.25) is 0 Å². The third-order valence-electron chi connectivity index (χ3n) is 7.98. The first-order valence-corrected chi connectivity index (χ1v) is 19.8. The molecule has 0 aliphatic rings. The average Bonchev–Trinajstić information content (AvgIpc) is 3.21. The molecule has 56 heavy (non-hydrogen) atoms. The lowest BCUT2D eigenvalue weighted by Crippen LogP contribution is -2.16. The van der Waals surface area contributed by atoms with Crippen LogP contribution >= 0.6 is 0 Å². The van der Waals surface area contributed by atoms with E-state index in [1.807, 2.05) is 72.8 Å². The Morgan fingerprint density at radius 3 is 0.964 bits per heavy atom. The molecule has 0 aliphatic heterocycles. The molecule has 12 heteroatoms. The van der Waals surface area contributed by atoms with Gasteiger partial charge >= 0.3 is 0 Å². The van der Waals surface area contributed by atoms with Gasteiger partial charge in [0.1, 0.15) is 13.2 Å². The van der Waals surface area contributed by atoms with Gasteiger partial charge in [-0.2, -0.15) is 0 Å². The summed E-state index contributed by atoms with van der Waals surface area (Å²) in [7, 11) is 0. The molecule has 0 fully saturated rings. The summed E-state index contributed by atoms with van der Waals surface area (Å²) in [6.07, 6.45) is 0. The molecule has 0 bridgehead atoms. The van der Waals surface area contributed by atoms with Gasteiger partial charge < -0.3 is 56.8 Å². The van der Waals surface area contributed by atoms with Crippen molar-refractivity contribution < 1.29 is 56.8 Å². The normalized spacial score (nSPS) is 11.6. The summed E-state index contributed by atoms with van der Waals surface area (Å²) in [6, 6.07) is 26.2. The SMILES string of the molecule is CC(C)(C)c1ccc(OCCOCCOCCOCCOCCOCc2ccccc2)c(OCCOCCOCCOCCOCCOCc2ccccc2)c1. The molecular formula is C44H66O12. The highest BCUT2D eigenvalue weighted by molar-refractivity contribution is 5.45. The van der Waals surface area contributed by atoms with E-state index < -0.39 is 0 Å². The molecule has 0 saturated carbocycles. The van der Waals surface area contributed by atoms with Crippen molar-refractivity contribution in [2.45, 2.75) is 39.4 Å². The second-order valence-corrected chi connectivity index (χ2v) is 13.6. The summed E-state index contributed by atoms with van der Waals surface area (Å²) in [4.78, 5) is 0. The third-order valence-corrected chi connectivity index (χ3v) is 7.98. The molecule has 0 heterocycles. The number of benzene rings is 3. The Labute approximate surface area is 334 Å². The molecule has 3 aromatic carbocycles. The van der Waals surface area contributed by atoms with Crippen LogP contribution in [-0.2, 0) is 66.0 Å². The smallest absolute Gasteiger partial charge is 0.161 e. The van der Waals surface area contributed by atoms with Gasteiger partial charge in [-0.05, 0) is 34.2 Å². The minimum atomic E-state index is -0.0289. The molecule has 0 spiro atoms. The van der Waals surface area contributed by atoms with Crippen molar-refractivity contribution in [3.05, 3.63) is 95.6 Å². The van der Waals surface area contributed by atoms with E-state index in [0.29, 0.717) is 157 Å². The van der Waals surface area contributed by atoms with E-state index in [9.17, 15) is 0 Å². The molecule has 3 rings (SSSR count). The number of rotatable bonds is 36. The van der Waals surface area contributed by atoms with Crippen molar-refractivity contribution in [2.24, 2.45) is 0 Å². The zero-order valence-electron chi connectivity index (χ0n) is 34.0. The van der Waals surface area contributed by atoms with Crippen LogP contribution in [0.1, 0.15) is 37.5 Å². The summed E-state index contributed by atoms with van der Waals surface area (Å²) >= 11 is 0. The standard InChI is InChI=1S/C44H66O12/c1-44(2,3)41-14-15-42(55-34-32-51-26-24-47-18-16-45-20-22-49-28-30-53-37-39-10-6-4-7-11-39)43(36-41)56-35-33-52-27-25-48-19-17-46-21-23-50-29-31-54-38-40-12-8-5-9-13-40/h4-15,36H,16-35,37-38H2,1-3H3. The highest BCUT2D eigenvalue weighted by Gasteiger charge is 2.17. The lowest BCUT2D eigenvalue weighted by Gasteiger charge is -2.21. The fourth-order valence-electron chi connectivity index (χ4n) is 4.92. The number of ether oxygens (including phenoxy) is 12. The Kier molecular flexibility index (Phi) is 26.9. The maximum Gasteiger partial charge on any atom is 0.161 e. The lowest BCUT2D eigenvalue weighted by molar-refractivity contribution is -0.0144. The van der Waals surface area contributed by atoms with Gasteiger partial charge in [-0.15, -0.1) is 0 Å². The first kappa shape index (κ1) is 47.2.